The normalized spacial score (nSPS) is 26.8. The van der Waals surface area contributed by atoms with Gasteiger partial charge in [-0.15, -0.1) is 0 Å². The fraction of sp³-hybridized carbons (Fsp3) is 0.875. The molecule has 0 aliphatic carbocycles. The molecule has 1 heterocycles. The molecule has 1 saturated heterocycles. The SMILES string of the molecule is C=O.CC1CCCN(C)C1. The minimum atomic E-state index is 0.939. The molecule has 0 radical (unpaired) electrons. The van der Waals surface area contributed by atoms with E-state index in [0.29, 0.717) is 0 Å². The summed E-state index contributed by atoms with van der Waals surface area (Å²) in [7, 11) is 2.20. The predicted molar refractivity (Wildman–Crippen MR) is 43.0 cm³/mol. The maximum absolute atomic E-state index is 8.00. The second kappa shape index (κ2) is 5.42. The Labute approximate surface area is 63.2 Å². The number of rotatable bonds is 0. The van der Waals surface area contributed by atoms with Gasteiger partial charge in [0, 0.05) is 6.54 Å². The number of hydrogen-bond donors (Lipinski definition) is 0. The highest BCUT2D eigenvalue weighted by molar-refractivity contribution is 5.10. The lowest BCUT2D eigenvalue weighted by molar-refractivity contribution is -0.0979. The molecule has 0 amide bonds. The van der Waals surface area contributed by atoms with Crippen molar-refractivity contribution < 1.29 is 4.79 Å². The van der Waals surface area contributed by atoms with Crippen LogP contribution in [-0.2, 0) is 4.79 Å². The van der Waals surface area contributed by atoms with Crippen LogP contribution in [0.15, 0.2) is 0 Å². The minimum absolute atomic E-state index is 0.939. The lowest BCUT2D eigenvalue weighted by atomic mass is 10.0. The topological polar surface area (TPSA) is 20.3 Å². The maximum atomic E-state index is 8.00. The van der Waals surface area contributed by atoms with Crippen molar-refractivity contribution in [2.24, 2.45) is 5.92 Å². The lowest BCUT2D eigenvalue weighted by Crippen LogP contribution is -2.30. The maximum Gasteiger partial charge on any atom is 0.106 e. The number of carbonyl (C=O) groups excluding carboxylic acids is 1. The molecule has 0 N–H and O–H groups in total. The van der Waals surface area contributed by atoms with Crippen molar-refractivity contribution in [3.05, 3.63) is 0 Å². The summed E-state index contributed by atoms with van der Waals surface area (Å²) >= 11 is 0. The Balaban J connectivity index is 0.000000371. The van der Waals surface area contributed by atoms with E-state index in [9.17, 15) is 0 Å². The van der Waals surface area contributed by atoms with Crippen molar-refractivity contribution in [1.29, 1.82) is 0 Å². The molecule has 2 nitrogen and oxygen atoms in total. The molecule has 10 heavy (non-hydrogen) atoms. The first-order chi connectivity index (χ1) is 4.79. The van der Waals surface area contributed by atoms with Crippen LogP contribution in [0.5, 0.6) is 0 Å². The summed E-state index contributed by atoms with van der Waals surface area (Å²) in [5, 5.41) is 0. The van der Waals surface area contributed by atoms with Crippen molar-refractivity contribution in [2.75, 3.05) is 20.1 Å². The Morgan fingerprint density at radius 1 is 1.50 bits per heavy atom. The second-order valence-electron chi connectivity index (χ2n) is 3.01. The number of carbonyl (C=O) groups is 1. The van der Waals surface area contributed by atoms with Gasteiger partial charge in [0.1, 0.15) is 6.79 Å². The highest BCUT2D eigenvalue weighted by atomic mass is 16.1. The largest absolute Gasteiger partial charge is 0.307 e. The standard InChI is InChI=1S/C7H15N.CH2O/c1-7-4-3-5-8(2)6-7;1-2/h7H,3-6H2,1-2H3;1H2. The highest BCUT2D eigenvalue weighted by Crippen LogP contribution is 2.12. The molecule has 1 atom stereocenters. The average Bonchev–Trinajstić information content (AvgIpc) is 1.91. The van der Waals surface area contributed by atoms with Gasteiger partial charge in [-0.25, -0.2) is 0 Å². The summed E-state index contributed by atoms with van der Waals surface area (Å²) in [6.45, 7) is 6.94. The number of likely N-dealkylation sites (tertiary alicyclic amines) is 1. The van der Waals surface area contributed by atoms with Gasteiger partial charge in [-0.3, -0.25) is 0 Å². The summed E-state index contributed by atoms with van der Waals surface area (Å²) in [5.41, 5.74) is 0. The molecule has 0 aromatic heterocycles. The van der Waals surface area contributed by atoms with Gasteiger partial charge in [0.2, 0.25) is 0 Å². The van der Waals surface area contributed by atoms with Crippen LogP contribution in [0.1, 0.15) is 19.8 Å². The molecule has 60 valence electrons. The third-order valence-corrected chi connectivity index (χ3v) is 1.86. The summed E-state index contributed by atoms with van der Waals surface area (Å²) in [5.74, 6) is 0.939. The minimum Gasteiger partial charge on any atom is -0.307 e. The summed E-state index contributed by atoms with van der Waals surface area (Å²) < 4.78 is 0. The Morgan fingerprint density at radius 3 is 2.40 bits per heavy atom. The van der Waals surface area contributed by atoms with Gasteiger partial charge in [0.25, 0.3) is 0 Å². The zero-order valence-electron chi connectivity index (χ0n) is 6.97. The van der Waals surface area contributed by atoms with Crippen LogP contribution >= 0.6 is 0 Å². The van der Waals surface area contributed by atoms with Gasteiger partial charge in [-0.2, -0.15) is 0 Å². The van der Waals surface area contributed by atoms with Crippen molar-refractivity contribution in [3.8, 4) is 0 Å². The van der Waals surface area contributed by atoms with Crippen LogP contribution in [0, 0.1) is 5.92 Å². The molecular formula is C8H17NO. The Kier molecular flexibility index (Phi) is 5.22. The van der Waals surface area contributed by atoms with Gasteiger partial charge >= 0.3 is 0 Å². The molecule has 0 bridgehead atoms. The van der Waals surface area contributed by atoms with Crippen LogP contribution in [0.2, 0.25) is 0 Å². The molecule has 1 rings (SSSR count). The first kappa shape index (κ1) is 9.63. The van der Waals surface area contributed by atoms with Crippen molar-refractivity contribution in [1.82, 2.24) is 4.90 Å². The molecule has 0 aromatic rings. The molecule has 1 aliphatic rings. The Hall–Kier alpha value is -0.370. The van der Waals surface area contributed by atoms with Crippen LogP contribution in [0.4, 0.5) is 0 Å². The second-order valence-corrected chi connectivity index (χ2v) is 3.01. The van der Waals surface area contributed by atoms with E-state index in [0.717, 1.165) is 5.92 Å². The molecule has 1 fully saturated rings. The van der Waals surface area contributed by atoms with E-state index in [1.165, 1.54) is 25.9 Å². The smallest absolute Gasteiger partial charge is 0.106 e. The Bertz CT molecular complexity index is 77.3. The molecule has 0 aromatic carbocycles. The van der Waals surface area contributed by atoms with Crippen LogP contribution in [0.3, 0.4) is 0 Å². The van der Waals surface area contributed by atoms with Crippen molar-refractivity contribution in [2.45, 2.75) is 19.8 Å². The van der Waals surface area contributed by atoms with Crippen molar-refractivity contribution in [3.63, 3.8) is 0 Å². The number of hydrogen-bond acceptors (Lipinski definition) is 2. The lowest BCUT2D eigenvalue weighted by Gasteiger charge is -2.26. The number of piperidine rings is 1. The fourth-order valence-electron chi connectivity index (χ4n) is 1.42. The van der Waals surface area contributed by atoms with E-state index in [2.05, 4.69) is 18.9 Å². The van der Waals surface area contributed by atoms with E-state index < -0.39 is 0 Å². The van der Waals surface area contributed by atoms with E-state index in [1.54, 1.807) is 0 Å². The molecule has 1 aliphatic heterocycles. The van der Waals surface area contributed by atoms with E-state index in [-0.39, 0.29) is 0 Å². The van der Waals surface area contributed by atoms with Gasteiger partial charge in [-0.1, -0.05) is 6.92 Å². The third-order valence-electron chi connectivity index (χ3n) is 1.86. The monoisotopic (exact) mass is 143 g/mol. The van der Waals surface area contributed by atoms with Crippen molar-refractivity contribution >= 4 is 6.79 Å². The van der Waals surface area contributed by atoms with Crippen LogP contribution in [-0.4, -0.2) is 31.8 Å². The molecule has 0 spiro atoms. The Morgan fingerprint density at radius 2 is 2.10 bits per heavy atom. The zero-order valence-corrected chi connectivity index (χ0v) is 6.97. The van der Waals surface area contributed by atoms with Gasteiger partial charge in [-0.05, 0) is 32.4 Å². The zero-order chi connectivity index (χ0) is 7.98. The third kappa shape index (κ3) is 3.62. The molecule has 0 saturated carbocycles. The van der Waals surface area contributed by atoms with E-state index in [1.807, 2.05) is 6.79 Å². The summed E-state index contributed by atoms with van der Waals surface area (Å²) in [6.07, 6.45) is 2.84. The molecule has 2 heteroatoms. The molecule has 1 unspecified atom stereocenters. The van der Waals surface area contributed by atoms with Crippen LogP contribution < -0.4 is 0 Å². The first-order valence-electron chi connectivity index (χ1n) is 3.76. The van der Waals surface area contributed by atoms with E-state index >= 15 is 0 Å². The first-order valence-corrected chi connectivity index (χ1v) is 3.76. The van der Waals surface area contributed by atoms with Gasteiger partial charge in [0.15, 0.2) is 0 Å². The highest BCUT2D eigenvalue weighted by Gasteiger charge is 2.11. The average molecular weight is 143 g/mol. The van der Waals surface area contributed by atoms with Gasteiger partial charge in [0.05, 0.1) is 0 Å². The van der Waals surface area contributed by atoms with E-state index in [4.69, 9.17) is 4.79 Å². The summed E-state index contributed by atoms with van der Waals surface area (Å²) in [4.78, 5) is 10.4. The van der Waals surface area contributed by atoms with Crippen LogP contribution in [0.25, 0.3) is 0 Å². The predicted octanol–water partition coefficient (Wildman–Crippen LogP) is 1.16. The quantitative estimate of drug-likeness (QED) is 0.507. The van der Waals surface area contributed by atoms with Gasteiger partial charge < -0.3 is 9.69 Å². The summed E-state index contributed by atoms with van der Waals surface area (Å²) in [6, 6.07) is 0. The fourth-order valence-corrected chi connectivity index (χ4v) is 1.42. The number of nitrogens with zero attached hydrogens (tertiary/aromatic N) is 1. The molecular weight excluding hydrogens is 126 g/mol.